The van der Waals surface area contributed by atoms with Gasteiger partial charge >= 0.3 is 12.0 Å². The normalized spacial score (nSPS) is 14.2. The third kappa shape index (κ3) is 6.41. The van der Waals surface area contributed by atoms with Gasteiger partial charge in [0, 0.05) is 17.6 Å². The number of anilines is 3. The van der Waals surface area contributed by atoms with Gasteiger partial charge in [0.1, 0.15) is 0 Å². The van der Waals surface area contributed by atoms with E-state index in [-0.39, 0.29) is 11.6 Å². The summed E-state index contributed by atoms with van der Waals surface area (Å²) in [4.78, 5) is 26.7. The highest BCUT2D eigenvalue weighted by molar-refractivity contribution is 6.03. The Bertz CT molecular complexity index is 1310. The molecule has 8 heteroatoms. The van der Waals surface area contributed by atoms with E-state index in [9.17, 15) is 24.9 Å². The molecule has 0 bridgehead atoms. The minimum Gasteiger partial charge on any atom is -0.478 e. The topological polar surface area (TPSA) is 122 Å². The van der Waals surface area contributed by atoms with Crippen molar-refractivity contribution in [1.82, 2.24) is 0 Å². The van der Waals surface area contributed by atoms with E-state index >= 15 is 0 Å². The van der Waals surface area contributed by atoms with E-state index in [0.29, 0.717) is 28.2 Å². The zero-order valence-electron chi connectivity index (χ0n) is 22.6. The number of carbonyl (C=O) groups excluding carboxylic acids is 1. The van der Waals surface area contributed by atoms with Crippen LogP contribution in [-0.4, -0.2) is 39.3 Å². The van der Waals surface area contributed by atoms with Crippen LogP contribution in [0.2, 0.25) is 0 Å². The van der Waals surface area contributed by atoms with E-state index in [1.54, 1.807) is 67.3 Å². The van der Waals surface area contributed by atoms with Gasteiger partial charge in [-0.1, -0.05) is 75.1 Å². The summed E-state index contributed by atoms with van der Waals surface area (Å²) in [5, 5.41) is 38.2. The monoisotopic (exact) mass is 531 g/mol. The minimum atomic E-state index is -2.17. The lowest BCUT2D eigenvalue weighted by atomic mass is 9.91. The van der Waals surface area contributed by atoms with Gasteiger partial charge in [0.25, 0.3) is 0 Å². The number of nitrogens with one attached hydrogen (secondary N) is 2. The summed E-state index contributed by atoms with van der Waals surface area (Å²) in [6.07, 6.45) is 4.60. The van der Waals surface area contributed by atoms with Crippen molar-refractivity contribution >= 4 is 29.1 Å². The molecule has 1 fully saturated rings. The Hall–Kier alpha value is -3.88. The number of benzene rings is 3. The molecule has 0 atom stereocenters. The molecule has 2 amide bonds. The number of carbonyl (C=O) groups is 2. The molecule has 4 rings (SSSR count). The Morgan fingerprint density at radius 3 is 2.23 bits per heavy atom. The molecular weight excluding hydrogens is 494 g/mol. The number of rotatable bonds is 8. The fourth-order valence-electron chi connectivity index (χ4n) is 5.12. The van der Waals surface area contributed by atoms with Crippen LogP contribution in [-0.2, 0) is 0 Å². The van der Waals surface area contributed by atoms with Crippen LogP contribution in [0.1, 0.15) is 61.9 Å². The van der Waals surface area contributed by atoms with Gasteiger partial charge in [0.15, 0.2) is 0 Å². The number of carboxylic acid groups (broad SMARTS) is 1. The van der Waals surface area contributed by atoms with Gasteiger partial charge in [0.05, 0.1) is 16.9 Å². The van der Waals surface area contributed by atoms with Crippen molar-refractivity contribution in [1.29, 1.82) is 0 Å². The summed E-state index contributed by atoms with van der Waals surface area (Å²) in [5.74, 6) is -3.76. The Morgan fingerprint density at radius 2 is 1.59 bits per heavy atom. The average Bonchev–Trinajstić information content (AvgIpc) is 2.91. The SMILES string of the molecule is Cc1ccc(NC(=O)Nc2cc(-c3ccccc3C(=O)O)ccc2N(C2CCCCC2)C(O)(O)C(C)C)cc1. The lowest BCUT2D eigenvalue weighted by Crippen LogP contribution is -2.58. The first-order valence-corrected chi connectivity index (χ1v) is 13.4. The van der Waals surface area contributed by atoms with Gasteiger partial charge in [-0.05, 0) is 61.2 Å². The maximum Gasteiger partial charge on any atom is 0.336 e. The van der Waals surface area contributed by atoms with Gasteiger partial charge in [-0.25, -0.2) is 9.59 Å². The number of aliphatic hydroxyl groups is 2. The van der Waals surface area contributed by atoms with Crippen molar-refractivity contribution in [3.63, 3.8) is 0 Å². The first-order valence-electron chi connectivity index (χ1n) is 13.4. The highest BCUT2D eigenvalue weighted by Crippen LogP contribution is 2.41. The van der Waals surface area contributed by atoms with Crippen molar-refractivity contribution in [3.8, 4) is 11.1 Å². The maximum absolute atomic E-state index is 13.2. The number of amides is 2. The molecule has 0 spiro atoms. The lowest BCUT2D eigenvalue weighted by molar-refractivity contribution is -0.196. The molecule has 8 nitrogen and oxygen atoms in total. The van der Waals surface area contributed by atoms with Crippen molar-refractivity contribution in [2.24, 2.45) is 5.92 Å². The molecule has 0 aliphatic heterocycles. The molecule has 0 saturated heterocycles. The second kappa shape index (κ2) is 11.9. The number of aryl methyl sites for hydroxylation is 1. The predicted octanol–water partition coefficient (Wildman–Crippen LogP) is 6.44. The highest BCUT2D eigenvalue weighted by Gasteiger charge is 2.41. The van der Waals surface area contributed by atoms with E-state index < -0.39 is 23.8 Å². The van der Waals surface area contributed by atoms with Crippen LogP contribution in [0.25, 0.3) is 11.1 Å². The van der Waals surface area contributed by atoms with Crippen LogP contribution < -0.4 is 15.5 Å². The highest BCUT2D eigenvalue weighted by atomic mass is 16.5. The molecule has 1 aliphatic rings. The summed E-state index contributed by atoms with van der Waals surface area (Å²) < 4.78 is 0. The standard InChI is InChI=1S/C31H37N3O5/c1-20(2)31(38,39)34(24-9-5-4-6-10-24)28-18-15-22(25-11-7-8-12-26(25)29(35)36)19-27(28)33-30(37)32-23-16-13-21(3)14-17-23/h7-8,11-20,24,38-39H,4-6,9-10H2,1-3H3,(H,35,36)(H2,32,33,37). The number of carboxylic acids is 1. The van der Waals surface area contributed by atoms with Crippen molar-refractivity contribution in [2.45, 2.75) is 64.8 Å². The zero-order chi connectivity index (χ0) is 28.2. The number of aromatic carboxylic acids is 1. The van der Waals surface area contributed by atoms with E-state index in [4.69, 9.17) is 0 Å². The average molecular weight is 532 g/mol. The summed E-state index contributed by atoms with van der Waals surface area (Å²) in [6, 6.07) is 18.6. The molecule has 5 N–H and O–H groups in total. The predicted molar refractivity (Wildman–Crippen MR) is 154 cm³/mol. The van der Waals surface area contributed by atoms with Crippen molar-refractivity contribution in [2.75, 3.05) is 15.5 Å². The fourth-order valence-corrected chi connectivity index (χ4v) is 5.12. The zero-order valence-corrected chi connectivity index (χ0v) is 22.6. The molecular formula is C31H37N3O5. The molecule has 3 aromatic carbocycles. The summed E-state index contributed by atoms with van der Waals surface area (Å²) >= 11 is 0. The molecule has 1 aliphatic carbocycles. The maximum atomic E-state index is 13.2. The second-order valence-corrected chi connectivity index (χ2v) is 10.5. The molecule has 0 radical (unpaired) electrons. The second-order valence-electron chi connectivity index (χ2n) is 10.5. The number of urea groups is 1. The quantitative estimate of drug-likeness (QED) is 0.213. The number of hydrogen-bond acceptors (Lipinski definition) is 5. The molecule has 0 heterocycles. The van der Waals surface area contributed by atoms with Crippen LogP contribution in [0.3, 0.4) is 0 Å². The van der Waals surface area contributed by atoms with Gasteiger partial charge in [-0.3, -0.25) is 0 Å². The smallest absolute Gasteiger partial charge is 0.336 e. The third-order valence-electron chi connectivity index (χ3n) is 7.35. The van der Waals surface area contributed by atoms with E-state index in [1.165, 1.54) is 6.07 Å². The first kappa shape index (κ1) is 28.1. The van der Waals surface area contributed by atoms with Crippen molar-refractivity contribution < 1.29 is 24.9 Å². The Morgan fingerprint density at radius 1 is 0.923 bits per heavy atom. The fraction of sp³-hybridized carbons (Fsp3) is 0.355. The summed E-state index contributed by atoms with van der Waals surface area (Å²) in [6.45, 7) is 5.44. The van der Waals surface area contributed by atoms with Crippen molar-refractivity contribution in [3.05, 3.63) is 77.9 Å². The van der Waals surface area contributed by atoms with Crippen LogP contribution in [0.4, 0.5) is 21.9 Å². The molecule has 3 aromatic rings. The minimum absolute atomic E-state index is 0.130. The molecule has 39 heavy (non-hydrogen) atoms. The lowest BCUT2D eigenvalue weighted by Gasteiger charge is -2.46. The summed E-state index contributed by atoms with van der Waals surface area (Å²) in [7, 11) is 0. The van der Waals surface area contributed by atoms with Crippen LogP contribution in [0, 0.1) is 12.8 Å². The molecule has 206 valence electrons. The van der Waals surface area contributed by atoms with Gasteiger partial charge in [-0.15, -0.1) is 0 Å². The van der Waals surface area contributed by atoms with Gasteiger partial charge < -0.3 is 30.9 Å². The van der Waals surface area contributed by atoms with Crippen LogP contribution >= 0.6 is 0 Å². The summed E-state index contributed by atoms with van der Waals surface area (Å²) in [5.41, 5.74) is 3.67. The Balaban J connectivity index is 1.81. The number of hydrogen-bond donors (Lipinski definition) is 5. The van der Waals surface area contributed by atoms with Gasteiger partial charge in [0.2, 0.25) is 5.91 Å². The third-order valence-corrected chi connectivity index (χ3v) is 7.35. The Kier molecular flexibility index (Phi) is 8.57. The van der Waals surface area contributed by atoms with Crippen LogP contribution in [0.5, 0.6) is 0 Å². The first-order chi connectivity index (χ1) is 18.6. The molecule has 0 unspecified atom stereocenters. The van der Waals surface area contributed by atoms with E-state index in [1.807, 2.05) is 19.1 Å². The van der Waals surface area contributed by atoms with Gasteiger partial charge in [-0.2, -0.15) is 0 Å². The Labute approximate surface area is 229 Å². The molecule has 0 aromatic heterocycles. The number of nitrogens with zero attached hydrogens (tertiary/aromatic N) is 1. The van der Waals surface area contributed by atoms with Crippen LogP contribution in [0.15, 0.2) is 66.7 Å². The largest absolute Gasteiger partial charge is 0.478 e. The van der Waals surface area contributed by atoms with E-state index in [2.05, 4.69) is 10.6 Å². The van der Waals surface area contributed by atoms with E-state index in [0.717, 1.165) is 37.7 Å². The molecule has 1 saturated carbocycles.